The Labute approximate surface area is 184 Å². The molecular formula is C22H34O8Si. The fraction of sp³-hybridized carbons (Fsp3) is 0.636. The van der Waals surface area contributed by atoms with Crippen LogP contribution in [0, 0.1) is 0 Å². The lowest BCUT2D eigenvalue weighted by molar-refractivity contribution is -0.242. The van der Waals surface area contributed by atoms with E-state index in [4.69, 9.17) is 18.6 Å². The number of carbonyl (C=O) groups excluding carboxylic acids is 2. The van der Waals surface area contributed by atoms with Gasteiger partial charge in [0, 0.05) is 13.8 Å². The van der Waals surface area contributed by atoms with Crippen LogP contribution in [0.25, 0.3) is 0 Å². The standard InChI is InChI=1S/C22H34O8Si/c1-13(23)27-12-17-21(28-14(2)24)19(26)18(25)20(29-17)15-8-10-16(11-9-15)30-31(6,7)22(3,4)5/h8-11,17-21,25-26H,12H2,1-7H3/t17-,18+,19-,20-,21-/m1/s1. The smallest absolute Gasteiger partial charge is 0.303 e. The molecule has 0 spiro atoms. The molecule has 1 aliphatic heterocycles. The molecule has 9 heteroatoms. The molecule has 174 valence electrons. The molecule has 0 bridgehead atoms. The van der Waals surface area contributed by atoms with E-state index in [-0.39, 0.29) is 11.6 Å². The maximum atomic E-state index is 11.4. The molecule has 0 saturated carbocycles. The lowest BCUT2D eigenvalue weighted by atomic mass is 9.91. The van der Waals surface area contributed by atoms with E-state index in [0.717, 1.165) is 5.75 Å². The van der Waals surface area contributed by atoms with Crippen molar-refractivity contribution in [1.29, 1.82) is 0 Å². The minimum absolute atomic E-state index is 0.0497. The summed E-state index contributed by atoms with van der Waals surface area (Å²) < 4.78 is 22.3. The number of aliphatic hydroxyl groups excluding tert-OH is 2. The summed E-state index contributed by atoms with van der Waals surface area (Å²) >= 11 is 0. The fourth-order valence-corrected chi connectivity index (χ4v) is 4.09. The highest BCUT2D eigenvalue weighted by Crippen LogP contribution is 2.38. The van der Waals surface area contributed by atoms with Gasteiger partial charge in [0.25, 0.3) is 0 Å². The Bertz CT molecular complexity index is 771. The molecule has 2 rings (SSSR count). The van der Waals surface area contributed by atoms with Crippen molar-refractivity contribution in [2.75, 3.05) is 6.61 Å². The minimum Gasteiger partial charge on any atom is -0.544 e. The van der Waals surface area contributed by atoms with Crippen molar-refractivity contribution >= 4 is 20.3 Å². The molecule has 0 radical (unpaired) electrons. The second-order valence-electron chi connectivity index (χ2n) is 9.38. The lowest BCUT2D eigenvalue weighted by Gasteiger charge is -2.42. The Hall–Kier alpha value is -1.94. The Kier molecular flexibility index (Phi) is 7.91. The molecule has 31 heavy (non-hydrogen) atoms. The third-order valence-corrected chi connectivity index (χ3v) is 10.2. The summed E-state index contributed by atoms with van der Waals surface area (Å²) in [7, 11) is -2.00. The average molecular weight is 455 g/mol. The Balaban J connectivity index is 2.22. The van der Waals surface area contributed by atoms with Crippen LogP contribution < -0.4 is 4.43 Å². The van der Waals surface area contributed by atoms with Crippen LogP contribution in [0.15, 0.2) is 24.3 Å². The van der Waals surface area contributed by atoms with Gasteiger partial charge in [0.2, 0.25) is 8.32 Å². The zero-order chi connectivity index (χ0) is 23.6. The maximum Gasteiger partial charge on any atom is 0.303 e. The first-order valence-corrected chi connectivity index (χ1v) is 13.2. The number of aliphatic hydroxyl groups is 2. The van der Waals surface area contributed by atoms with Crippen LogP contribution in [0.1, 0.15) is 46.3 Å². The molecule has 5 atom stereocenters. The van der Waals surface area contributed by atoms with Crippen molar-refractivity contribution in [3.63, 3.8) is 0 Å². The van der Waals surface area contributed by atoms with E-state index in [2.05, 4.69) is 33.9 Å². The van der Waals surface area contributed by atoms with Crippen LogP contribution in [0.2, 0.25) is 18.1 Å². The molecule has 0 amide bonds. The van der Waals surface area contributed by atoms with Crippen molar-refractivity contribution in [2.45, 2.75) is 83.3 Å². The van der Waals surface area contributed by atoms with Gasteiger partial charge in [-0.2, -0.15) is 0 Å². The summed E-state index contributed by atoms with van der Waals surface area (Å²) in [6.45, 7) is 13.0. The molecular weight excluding hydrogens is 420 g/mol. The second-order valence-corrected chi connectivity index (χ2v) is 14.1. The van der Waals surface area contributed by atoms with E-state index in [9.17, 15) is 19.8 Å². The average Bonchev–Trinajstić information content (AvgIpc) is 2.64. The molecule has 1 saturated heterocycles. The predicted octanol–water partition coefficient (Wildman–Crippen LogP) is 2.73. The topological polar surface area (TPSA) is 112 Å². The third-order valence-electron chi connectivity index (χ3n) is 5.83. The Morgan fingerprint density at radius 1 is 1.03 bits per heavy atom. The normalized spacial score (nSPS) is 26.8. The van der Waals surface area contributed by atoms with Gasteiger partial charge in [-0.1, -0.05) is 32.9 Å². The molecule has 8 nitrogen and oxygen atoms in total. The number of esters is 2. The van der Waals surface area contributed by atoms with Crippen LogP contribution in [0.5, 0.6) is 5.75 Å². The van der Waals surface area contributed by atoms with Gasteiger partial charge in [-0.05, 0) is 35.8 Å². The molecule has 2 N–H and O–H groups in total. The van der Waals surface area contributed by atoms with E-state index >= 15 is 0 Å². The molecule has 1 aromatic carbocycles. The largest absolute Gasteiger partial charge is 0.544 e. The van der Waals surface area contributed by atoms with Gasteiger partial charge in [0.15, 0.2) is 6.10 Å². The zero-order valence-electron chi connectivity index (χ0n) is 19.2. The van der Waals surface area contributed by atoms with Crippen molar-refractivity contribution in [3.05, 3.63) is 29.8 Å². The van der Waals surface area contributed by atoms with Crippen molar-refractivity contribution in [3.8, 4) is 5.75 Å². The minimum atomic E-state index is -2.00. The first kappa shape index (κ1) is 25.3. The number of rotatable bonds is 6. The summed E-state index contributed by atoms with van der Waals surface area (Å²) in [5.41, 5.74) is 0.614. The van der Waals surface area contributed by atoms with Crippen molar-refractivity contribution in [1.82, 2.24) is 0 Å². The summed E-state index contributed by atoms with van der Waals surface area (Å²) in [6, 6.07) is 7.13. The molecule has 0 aromatic heterocycles. The first-order valence-electron chi connectivity index (χ1n) is 10.3. The van der Waals surface area contributed by atoms with Gasteiger partial charge in [-0.15, -0.1) is 0 Å². The first-order chi connectivity index (χ1) is 14.2. The van der Waals surface area contributed by atoms with Crippen molar-refractivity contribution < 1.29 is 38.4 Å². The van der Waals surface area contributed by atoms with Crippen LogP contribution in [-0.4, -0.2) is 61.5 Å². The summed E-state index contributed by atoms with van der Waals surface area (Å²) in [5, 5.41) is 21.3. The van der Waals surface area contributed by atoms with Crippen molar-refractivity contribution in [2.24, 2.45) is 0 Å². The maximum absolute atomic E-state index is 11.4. The number of hydrogen-bond donors (Lipinski definition) is 2. The van der Waals surface area contributed by atoms with Crippen LogP contribution >= 0.6 is 0 Å². The molecule has 0 unspecified atom stereocenters. The molecule has 1 heterocycles. The fourth-order valence-electron chi connectivity index (χ4n) is 3.06. The Morgan fingerprint density at radius 3 is 2.10 bits per heavy atom. The number of hydrogen-bond acceptors (Lipinski definition) is 8. The van der Waals surface area contributed by atoms with Gasteiger partial charge >= 0.3 is 11.9 Å². The molecule has 1 aromatic rings. The van der Waals surface area contributed by atoms with Gasteiger partial charge in [-0.25, -0.2) is 0 Å². The predicted molar refractivity (Wildman–Crippen MR) is 116 cm³/mol. The van der Waals surface area contributed by atoms with Gasteiger partial charge < -0.3 is 28.8 Å². The van der Waals surface area contributed by atoms with Crippen LogP contribution in [0.3, 0.4) is 0 Å². The highest BCUT2D eigenvalue weighted by molar-refractivity contribution is 6.74. The van der Waals surface area contributed by atoms with E-state index in [1.54, 1.807) is 24.3 Å². The van der Waals surface area contributed by atoms with Crippen LogP contribution in [-0.2, 0) is 23.8 Å². The Morgan fingerprint density at radius 2 is 1.61 bits per heavy atom. The van der Waals surface area contributed by atoms with Crippen LogP contribution in [0.4, 0.5) is 0 Å². The highest BCUT2D eigenvalue weighted by atomic mass is 28.4. The zero-order valence-corrected chi connectivity index (χ0v) is 20.2. The lowest BCUT2D eigenvalue weighted by Crippen LogP contribution is -2.57. The SMILES string of the molecule is CC(=O)OC[C@H]1O[C@H](c2ccc(O[Si](C)(C)C(C)(C)C)cc2)[C@@H](O)[C@@H](O)[C@@H]1OC(C)=O. The number of ether oxygens (including phenoxy) is 3. The third kappa shape index (κ3) is 6.28. The summed E-state index contributed by atoms with van der Waals surface area (Å²) in [6.07, 6.45) is -5.75. The number of benzene rings is 1. The van der Waals surface area contributed by atoms with Gasteiger partial charge in [0.05, 0.1) is 0 Å². The molecule has 1 aliphatic rings. The summed E-state index contributed by atoms with van der Waals surface area (Å²) in [4.78, 5) is 22.7. The van der Waals surface area contributed by atoms with E-state index < -0.39 is 50.8 Å². The molecule has 1 fully saturated rings. The quantitative estimate of drug-likeness (QED) is 0.499. The van der Waals surface area contributed by atoms with E-state index in [1.807, 2.05) is 0 Å². The highest BCUT2D eigenvalue weighted by Gasteiger charge is 2.47. The van der Waals surface area contributed by atoms with Gasteiger partial charge in [-0.3, -0.25) is 9.59 Å². The monoisotopic (exact) mass is 454 g/mol. The van der Waals surface area contributed by atoms with E-state index in [1.165, 1.54) is 13.8 Å². The molecule has 0 aliphatic carbocycles. The van der Waals surface area contributed by atoms with Gasteiger partial charge in [0.1, 0.15) is 36.8 Å². The van der Waals surface area contributed by atoms with E-state index in [0.29, 0.717) is 5.56 Å². The second kappa shape index (κ2) is 9.68. The summed E-state index contributed by atoms with van der Waals surface area (Å²) in [5.74, 6) is -0.455. The number of carbonyl (C=O) groups is 2.